The highest BCUT2D eigenvalue weighted by molar-refractivity contribution is 5.80. The van der Waals surface area contributed by atoms with Crippen LogP contribution in [-0.2, 0) is 4.79 Å². The van der Waals surface area contributed by atoms with Gasteiger partial charge in [0.1, 0.15) is 5.82 Å². The molecule has 0 aromatic carbocycles. The Labute approximate surface area is 163 Å². The van der Waals surface area contributed by atoms with Gasteiger partial charge in [-0.1, -0.05) is 32.6 Å². The van der Waals surface area contributed by atoms with E-state index < -0.39 is 23.7 Å². The Morgan fingerprint density at radius 1 is 1.25 bits per heavy atom. The quantitative estimate of drug-likeness (QED) is 0.385. The first-order chi connectivity index (χ1) is 13.4. The van der Waals surface area contributed by atoms with Gasteiger partial charge in [-0.05, 0) is 25.7 Å². The lowest BCUT2D eigenvalue weighted by Crippen LogP contribution is -2.42. The van der Waals surface area contributed by atoms with Crippen LogP contribution in [0.2, 0.25) is 0 Å². The average Bonchev–Trinajstić information content (AvgIpc) is 3.17. The van der Waals surface area contributed by atoms with Gasteiger partial charge in [0.25, 0.3) is 0 Å². The molecule has 1 fully saturated rings. The molecule has 5 N–H and O–H groups in total. The second kappa shape index (κ2) is 10.6. The summed E-state index contributed by atoms with van der Waals surface area (Å²) >= 11 is 0. The fourth-order valence-corrected chi connectivity index (χ4v) is 3.37. The van der Waals surface area contributed by atoms with E-state index in [0.717, 1.165) is 32.1 Å². The fraction of sp³-hybridized carbons (Fsp3) is 0.667. The Balaban J connectivity index is 2.01. The van der Waals surface area contributed by atoms with E-state index in [1.54, 1.807) is 6.92 Å². The van der Waals surface area contributed by atoms with Crippen LogP contribution in [0.3, 0.4) is 0 Å². The van der Waals surface area contributed by atoms with Crippen LogP contribution in [0.5, 0.6) is 0 Å². The highest BCUT2D eigenvalue weighted by Gasteiger charge is 2.26. The number of hydrogen-bond donors (Lipinski definition) is 5. The number of halogens is 1. The maximum atomic E-state index is 14.5. The molecule has 0 bridgehead atoms. The van der Waals surface area contributed by atoms with Crippen LogP contribution in [0.1, 0.15) is 51.3 Å². The summed E-state index contributed by atoms with van der Waals surface area (Å²) in [5, 5.41) is 14.0. The molecule has 156 valence electrons. The number of aromatic nitrogens is 2. The highest BCUT2D eigenvalue weighted by atomic mass is 19.1. The molecule has 0 unspecified atom stereocenters. The predicted molar refractivity (Wildman–Crippen MR) is 103 cm³/mol. The van der Waals surface area contributed by atoms with Crippen molar-refractivity contribution in [1.29, 1.82) is 0 Å². The van der Waals surface area contributed by atoms with Crippen molar-refractivity contribution in [2.45, 2.75) is 52.4 Å². The number of carbonyl (C=O) groups excluding carboxylic acids is 1. The highest BCUT2D eigenvalue weighted by Crippen LogP contribution is 2.30. The molecule has 1 aromatic heterocycles. The van der Waals surface area contributed by atoms with E-state index >= 15 is 0 Å². The Bertz CT molecular complexity index is 682. The van der Waals surface area contributed by atoms with Gasteiger partial charge in [-0.25, -0.2) is 14.8 Å². The molecule has 2 amide bonds. The van der Waals surface area contributed by atoms with Crippen molar-refractivity contribution >= 4 is 23.6 Å². The number of hydrogen-bond acceptors (Lipinski definition) is 6. The number of amides is 2. The molecule has 1 aliphatic carbocycles. The Morgan fingerprint density at radius 3 is 2.57 bits per heavy atom. The third-order valence-corrected chi connectivity index (χ3v) is 4.77. The molecule has 0 spiro atoms. The van der Waals surface area contributed by atoms with Crippen molar-refractivity contribution in [3.05, 3.63) is 11.6 Å². The minimum Gasteiger partial charge on any atom is -0.465 e. The lowest BCUT2D eigenvalue weighted by atomic mass is 9.92. The van der Waals surface area contributed by atoms with Gasteiger partial charge in [-0.15, -0.1) is 0 Å². The van der Waals surface area contributed by atoms with Crippen LogP contribution >= 0.6 is 0 Å². The number of nitrogens with zero attached hydrogens (tertiary/aromatic N) is 2. The summed E-state index contributed by atoms with van der Waals surface area (Å²) in [6.45, 7) is 4.15. The van der Waals surface area contributed by atoms with E-state index in [1.807, 2.05) is 6.92 Å². The van der Waals surface area contributed by atoms with Crippen LogP contribution in [-0.4, -0.2) is 40.2 Å². The van der Waals surface area contributed by atoms with Crippen molar-refractivity contribution in [1.82, 2.24) is 20.7 Å². The molecule has 1 saturated carbocycles. The van der Waals surface area contributed by atoms with E-state index in [9.17, 15) is 14.0 Å². The smallest absolute Gasteiger partial charge is 0.404 e. The van der Waals surface area contributed by atoms with E-state index in [4.69, 9.17) is 5.11 Å². The van der Waals surface area contributed by atoms with Crippen molar-refractivity contribution in [2.24, 2.45) is 11.8 Å². The van der Waals surface area contributed by atoms with Crippen LogP contribution in [0.15, 0.2) is 0 Å². The van der Waals surface area contributed by atoms with Crippen LogP contribution in [0, 0.1) is 24.6 Å². The molecule has 1 heterocycles. The number of rotatable bonds is 10. The minimum absolute atomic E-state index is 0.00787. The van der Waals surface area contributed by atoms with Crippen LogP contribution < -0.4 is 21.5 Å². The van der Waals surface area contributed by atoms with Crippen LogP contribution in [0.4, 0.5) is 20.8 Å². The van der Waals surface area contributed by atoms with E-state index in [2.05, 4.69) is 31.5 Å². The average molecular weight is 396 g/mol. The zero-order valence-corrected chi connectivity index (χ0v) is 16.3. The first-order valence-corrected chi connectivity index (χ1v) is 9.71. The maximum Gasteiger partial charge on any atom is 0.404 e. The SMILES string of the molecule is CCCNc1nc(C)nc(NNC(=O)[C@@H](CNC(=O)O)CC2CCCC2)c1F. The topological polar surface area (TPSA) is 128 Å². The number of aryl methyl sites for hydroxylation is 1. The summed E-state index contributed by atoms with van der Waals surface area (Å²) in [5.41, 5.74) is 4.99. The second-order valence-corrected chi connectivity index (χ2v) is 7.09. The maximum absolute atomic E-state index is 14.5. The van der Waals surface area contributed by atoms with Gasteiger partial charge >= 0.3 is 6.09 Å². The third kappa shape index (κ3) is 6.50. The Kier molecular flexibility index (Phi) is 8.21. The summed E-state index contributed by atoms with van der Waals surface area (Å²) in [4.78, 5) is 31.4. The second-order valence-electron chi connectivity index (χ2n) is 7.09. The molecule has 10 heteroatoms. The summed E-state index contributed by atoms with van der Waals surface area (Å²) in [5.74, 6) is -0.947. The first-order valence-electron chi connectivity index (χ1n) is 9.71. The van der Waals surface area contributed by atoms with Gasteiger partial charge in [-0.2, -0.15) is 4.39 Å². The molecule has 1 aromatic rings. The lowest BCUT2D eigenvalue weighted by Gasteiger charge is -2.20. The van der Waals surface area contributed by atoms with E-state index in [1.165, 1.54) is 0 Å². The molecule has 0 radical (unpaired) electrons. The standard InChI is InChI=1S/C18H29FN6O3/c1-3-8-20-15-14(19)16(23-11(2)22-15)24-25-17(26)13(10-21-18(27)28)9-12-6-4-5-7-12/h12-13,21H,3-10H2,1-2H3,(H,25,26)(H,27,28)(H2,20,22,23,24)/t13-/m1/s1. The number of carboxylic acid groups (broad SMARTS) is 1. The van der Waals surface area contributed by atoms with Crippen LogP contribution in [0.25, 0.3) is 0 Å². The monoisotopic (exact) mass is 396 g/mol. The van der Waals surface area contributed by atoms with Crippen molar-refractivity contribution in [3.8, 4) is 0 Å². The molecule has 1 aliphatic rings. The van der Waals surface area contributed by atoms with Crippen molar-refractivity contribution in [2.75, 3.05) is 23.8 Å². The summed E-state index contributed by atoms with van der Waals surface area (Å²) < 4.78 is 14.5. The molecule has 9 nitrogen and oxygen atoms in total. The largest absolute Gasteiger partial charge is 0.465 e. The molecule has 0 saturated heterocycles. The lowest BCUT2D eigenvalue weighted by molar-refractivity contribution is -0.124. The molecule has 0 aliphatic heterocycles. The van der Waals surface area contributed by atoms with E-state index in [-0.39, 0.29) is 18.2 Å². The third-order valence-electron chi connectivity index (χ3n) is 4.77. The van der Waals surface area contributed by atoms with E-state index in [0.29, 0.717) is 24.7 Å². The normalized spacial score (nSPS) is 15.1. The van der Waals surface area contributed by atoms with Gasteiger partial charge in [0.2, 0.25) is 11.7 Å². The van der Waals surface area contributed by atoms with Gasteiger partial charge in [-0.3, -0.25) is 15.6 Å². The van der Waals surface area contributed by atoms with Gasteiger partial charge in [0.05, 0.1) is 5.92 Å². The van der Waals surface area contributed by atoms with Crippen molar-refractivity contribution < 1.29 is 19.1 Å². The van der Waals surface area contributed by atoms with Gasteiger partial charge in [0.15, 0.2) is 11.6 Å². The molecule has 2 rings (SSSR count). The number of hydrazine groups is 1. The Morgan fingerprint density at radius 2 is 1.93 bits per heavy atom. The number of anilines is 2. The Hall–Kier alpha value is -2.65. The summed E-state index contributed by atoms with van der Waals surface area (Å²) in [6, 6.07) is 0. The number of nitrogens with one attached hydrogen (secondary N) is 4. The number of carbonyl (C=O) groups is 2. The summed E-state index contributed by atoms with van der Waals surface area (Å²) in [6.07, 6.45) is 4.54. The van der Waals surface area contributed by atoms with Gasteiger partial charge in [0, 0.05) is 13.1 Å². The molecular formula is C18H29FN6O3. The zero-order chi connectivity index (χ0) is 20.5. The minimum atomic E-state index is -1.18. The predicted octanol–water partition coefficient (Wildman–Crippen LogP) is 2.65. The summed E-state index contributed by atoms with van der Waals surface area (Å²) in [7, 11) is 0. The van der Waals surface area contributed by atoms with Gasteiger partial charge < -0.3 is 15.7 Å². The molecule has 28 heavy (non-hydrogen) atoms. The first kappa shape index (κ1) is 21.6. The molecule has 1 atom stereocenters. The molecular weight excluding hydrogens is 367 g/mol. The fourth-order valence-electron chi connectivity index (χ4n) is 3.37. The van der Waals surface area contributed by atoms with Crippen molar-refractivity contribution in [3.63, 3.8) is 0 Å². The zero-order valence-electron chi connectivity index (χ0n) is 16.3.